The molecule has 1 fully saturated rings. The lowest BCUT2D eigenvalue weighted by Crippen LogP contribution is -2.26. The average molecular weight is 313 g/mol. The summed E-state index contributed by atoms with van der Waals surface area (Å²) in [7, 11) is 0. The maximum Gasteiger partial charge on any atom is 0.251 e. The number of hydrogen-bond donors (Lipinski definition) is 1. The monoisotopic (exact) mass is 313 g/mol. The molecule has 1 aromatic heterocycles. The molecule has 2 aromatic rings. The van der Waals surface area contributed by atoms with Crippen LogP contribution in [-0.4, -0.2) is 21.9 Å². The van der Waals surface area contributed by atoms with Gasteiger partial charge in [-0.15, -0.1) is 0 Å². The third kappa shape index (κ3) is 3.85. The predicted molar refractivity (Wildman–Crippen MR) is 88.0 cm³/mol. The summed E-state index contributed by atoms with van der Waals surface area (Å²) in [6.45, 7) is 3.94. The number of aryl methyl sites for hydroxylation is 2. The standard InChI is InChI=1S/C17H19N3OS/c1-11-9-12(2)19-17(18-11)22-10-13-5-3-4-6-15(13)16(21)20-14-7-8-14/h3-6,9,14H,7-8,10H2,1-2H3,(H,20,21). The molecule has 4 nitrogen and oxygen atoms in total. The highest BCUT2D eigenvalue weighted by atomic mass is 32.2. The topological polar surface area (TPSA) is 54.9 Å². The highest BCUT2D eigenvalue weighted by molar-refractivity contribution is 7.98. The minimum absolute atomic E-state index is 0.0278. The summed E-state index contributed by atoms with van der Waals surface area (Å²) < 4.78 is 0. The Kier molecular flexibility index (Phi) is 4.43. The van der Waals surface area contributed by atoms with Crippen molar-refractivity contribution in [3.63, 3.8) is 0 Å². The summed E-state index contributed by atoms with van der Waals surface area (Å²) in [4.78, 5) is 21.2. The predicted octanol–water partition coefficient (Wildman–Crippen LogP) is 3.28. The number of nitrogens with zero attached hydrogens (tertiary/aromatic N) is 2. The van der Waals surface area contributed by atoms with E-state index in [9.17, 15) is 4.79 Å². The second kappa shape index (κ2) is 6.48. The summed E-state index contributed by atoms with van der Waals surface area (Å²) >= 11 is 1.57. The van der Waals surface area contributed by atoms with Crippen LogP contribution in [0, 0.1) is 13.8 Å². The lowest BCUT2D eigenvalue weighted by molar-refractivity contribution is 0.0950. The molecule has 0 radical (unpaired) electrons. The summed E-state index contributed by atoms with van der Waals surface area (Å²) in [5.74, 6) is 0.719. The highest BCUT2D eigenvalue weighted by Gasteiger charge is 2.24. The summed E-state index contributed by atoms with van der Waals surface area (Å²) in [6, 6.07) is 10.1. The van der Waals surface area contributed by atoms with E-state index in [4.69, 9.17) is 0 Å². The molecule has 114 valence electrons. The first-order valence-electron chi connectivity index (χ1n) is 7.45. The zero-order valence-electron chi connectivity index (χ0n) is 12.8. The number of rotatable bonds is 5. The SMILES string of the molecule is Cc1cc(C)nc(SCc2ccccc2C(=O)NC2CC2)n1. The Labute approximate surface area is 134 Å². The van der Waals surface area contributed by atoms with E-state index in [1.807, 2.05) is 44.2 Å². The number of aromatic nitrogens is 2. The van der Waals surface area contributed by atoms with E-state index in [2.05, 4.69) is 15.3 Å². The zero-order chi connectivity index (χ0) is 15.5. The van der Waals surface area contributed by atoms with Crippen molar-refractivity contribution in [3.8, 4) is 0 Å². The van der Waals surface area contributed by atoms with Gasteiger partial charge in [-0.1, -0.05) is 30.0 Å². The minimum Gasteiger partial charge on any atom is -0.349 e. The van der Waals surface area contributed by atoms with Crippen LogP contribution in [-0.2, 0) is 5.75 Å². The van der Waals surface area contributed by atoms with E-state index in [1.165, 1.54) is 0 Å². The van der Waals surface area contributed by atoms with E-state index < -0.39 is 0 Å². The van der Waals surface area contributed by atoms with Crippen molar-refractivity contribution >= 4 is 17.7 Å². The van der Waals surface area contributed by atoms with Gasteiger partial charge in [-0.05, 0) is 44.4 Å². The quantitative estimate of drug-likeness (QED) is 0.680. The number of hydrogen-bond acceptors (Lipinski definition) is 4. The van der Waals surface area contributed by atoms with Crippen LogP contribution in [0.1, 0.15) is 40.2 Å². The van der Waals surface area contributed by atoms with Gasteiger partial charge in [-0.3, -0.25) is 4.79 Å². The van der Waals surface area contributed by atoms with Gasteiger partial charge in [0.2, 0.25) is 0 Å². The van der Waals surface area contributed by atoms with Crippen LogP contribution in [0.5, 0.6) is 0 Å². The van der Waals surface area contributed by atoms with Crippen LogP contribution < -0.4 is 5.32 Å². The molecule has 0 aliphatic heterocycles. The fraction of sp³-hybridized carbons (Fsp3) is 0.353. The van der Waals surface area contributed by atoms with Crippen molar-refractivity contribution in [2.45, 2.75) is 43.6 Å². The van der Waals surface area contributed by atoms with E-state index in [0.29, 0.717) is 11.8 Å². The molecule has 1 amide bonds. The van der Waals surface area contributed by atoms with Crippen molar-refractivity contribution in [2.75, 3.05) is 0 Å². The number of amides is 1. The maximum atomic E-state index is 12.3. The fourth-order valence-electron chi connectivity index (χ4n) is 2.26. The molecule has 0 atom stereocenters. The maximum absolute atomic E-state index is 12.3. The van der Waals surface area contributed by atoms with Gasteiger partial charge in [0.15, 0.2) is 5.16 Å². The molecule has 1 aliphatic carbocycles. The number of benzene rings is 1. The first kappa shape index (κ1) is 15.0. The van der Waals surface area contributed by atoms with Gasteiger partial charge < -0.3 is 5.32 Å². The molecular weight excluding hydrogens is 294 g/mol. The molecule has 22 heavy (non-hydrogen) atoms. The van der Waals surface area contributed by atoms with E-state index >= 15 is 0 Å². The molecule has 1 N–H and O–H groups in total. The minimum atomic E-state index is 0.0278. The number of thioether (sulfide) groups is 1. The van der Waals surface area contributed by atoms with Gasteiger partial charge >= 0.3 is 0 Å². The van der Waals surface area contributed by atoms with Crippen molar-refractivity contribution in [1.82, 2.24) is 15.3 Å². The molecule has 5 heteroatoms. The van der Waals surface area contributed by atoms with Gasteiger partial charge in [0.25, 0.3) is 5.91 Å². The van der Waals surface area contributed by atoms with Crippen LogP contribution in [0.15, 0.2) is 35.5 Å². The first-order valence-corrected chi connectivity index (χ1v) is 8.44. The lowest BCUT2D eigenvalue weighted by Gasteiger charge is -2.09. The molecule has 1 aliphatic rings. The number of nitrogens with one attached hydrogen (secondary N) is 1. The average Bonchev–Trinajstić information content (AvgIpc) is 3.28. The normalized spacial score (nSPS) is 13.9. The second-order valence-electron chi connectivity index (χ2n) is 5.63. The lowest BCUT2D eigenvalue weighted by atomic mass is 10.1. The molecule has 0 unspecified atom stereocenters. The van der Waals surface area contributed by atoms with Gasteiger partial charge in [0.1, 0.15) is 0 Å². The molecule has 1 heterocycles. The van der Waals surface area contributed by atoms with Gasteiger partial charge in [0, 0.05) is 28.7 Å². The number of carbonyl (C=O) groups excluding carboxylic acids is 1. The number of carbonyl (C=O) groups is 1. The van der Waals surface area contributed by atoms with Crippen LogP contribution in [0.2, 0.25) is 0 Å². The van der Waals surface area contributed by atoms with Crippen molar-refractivity contribution in [1.29, 1.82) is 0 Å². The molecule has 0 saturated heterocycles. The third-order valence-corrected chi connectivity index (χ3v) is 4.39. The largest absolute Gasteiger partial charge is 0.349 e. The van der Waals surface area contributed by atoms with E-state index in [-0.39, 0.29) is 5.91 Å². The summed E-state index contributed by atoms with van der Waals surface area (Å²) in [5.41, 5.74) is 3.71. The summed E-state index contributed by atoms with van der Waals surface area (Å²) in [6.07, 6.45) is 2.19. The van der Waals surface area contributed by atoms with Crippen LogP contribution in [0.3, 0.4) is 0 Å². The Morgan fingerprint density at radius 2 is 1.91 bits per heavy atom. The van der Waals surface area contributed by atoms with E-state index in [0.717, 1.165) is 40.5 Å². The Morgan fingerprint density at radius 1 is 1.23 bits per heavy atom. The highest BCUT2D eigenvalue weighted by Crippen LogP contribution is 2.24. The molecule has 1 saturated carbocycles. The van der Waals surface area contributed by atoms with Crippen LogP contribution in [0.4, 0.5) is 0 Å². The van der Waals surface area contributed by atoms with Crippen LogP contribution >= 0.6 is 11.8 Å². The fourth-order valence-corrected chi connectivity index (χ4v) is 3.21. The van der Waals surface area contributed by atoms with E-state index in [1.54, 1.807) is 11.8 Å². The molecule has 0 spiro atoms. The Balaban J connectivity index is 1.72. The molecule has 1 aromatic carbocycles. The second-order valence-corrected chi connectivity index (χ2v) is 6.57. The Hall–Kier alpha value is -1.88. The van der Waals surface area contributed by atoms with Crippen molar-refractivity contribution in [2.24, 2.45) is 0 Å². The summed E-state index contributed by atoms with van der Waals surface area (Å²) in [5, 5.41) is 3.81. The first-order chi connectivity index (χ1) is 10.6. The van der Waals surface area contributed by atoms with Gasteiger partial charge in [-0.25, -0.2) is 9.97 Å². The van der Waals surface area contributed by atoms with Crippen molar-refractivity contribution < 1.29 is 4.79 Å². The Morgan fingerprint density at radius 3 is 2.59 bits per heavy atom. The smallest absolute Gasteiger partial charge is 0.251 e. The molecular formula is C17H19N3OS. The van der Waals surface area contributed by atoms with Gasteiger partial charge in [0.05, 0.1) is 0 Å². The zero-order valence-corrected chi connectivity index (χ0v) is 13.6. The van der Waals surface area contributed by atoms with Crippen LogP contribution in [0.25, 0.3) is 0 Å². The Bertz CT molecular complexity index is 678. The third-order valence-electron chi connectivity index (χ3n) is 3.49. The van der Waals surface area contributed by atoms with Crippen molar-refractivity contribution in [3.05, 3.63) is 52.8 Å². The van der Waals surface area contributed by atoms with Gasteiger partial charge in [-0.2, -0.15) is 0 Å². The molecule has 3 rings (SSSR count). The molecule has 0 bridgehead atoms.